The van der Waals surface area contributed by atoms with E-state index in [-0.39, 0.29) is 0 Å². The summed E-state index contributed by atoms with van der Waals surface area (Å²) >= 11 is 1.53. The number of thioether (sulfide) groups is 1. The maximum Gasteiger partial charge on any atom is 0.232 e. The molecule has 0 aromatic carbocycles. The fourth-order valence-electron chi connectivity index (χ4n) is 1.47. The van der Waals surface area contributed by atoms with Gasteiger partial charge in [0.1, 0.15) is 16.9 Å². The molecule has 0 bridgehead atoms. The predicted molar refractivity (Wildman–Crippen MR) is 70.7 cm³/mol. The minimum atomic E-state index is 0.465. The molecule has 0 radical (unpaired) electrons. The molecule has 0 aliphatic carbocycles. The molecule has 88 valence electrons. The van der Waals surface area contributed by atoms with Crippen molar-refractivity contribution in [2.45, 2.75) is 18.9 Å². The molecule has 0 unspecified atom stereocenters. The highest BCUT2D eigenvalue weighted by Crippen LogP contribution is 2.36. The topological polar surface area (TPSA) is 44.3 Å². The molecule has 0 aliphatic heterocycles. The number of aromatic nitrogens is 1. The lowest BCUT2D eigenvalue weighted by Gasteiger charge is -2.17. The van der Waals surface area contributed by atoms with E-state index < -0.39 is 0 Å². The number of hydrogen-bond donors (Lipinski definition) is 0. The zero-order valence-electron chi connectivity index (χ0n) is 10.4. The van der Waals surface area contributed by atoms with Crippen LogP contribution in [0, 0.1) is 24.8 Å². The minimum Gasteiger partial charge on any atom is -0.371 e. The van der Waals surface area contributed by atoms with Crippen LogP contribution in [0.3, 0.4) is 0 Å². The average molecular weight is 246 g/mol. The van der Waals surface area contributed by atoms with Crippen LogP contribution in [0.25, 0.3) is 4.85 Å². The lowest BCUT2D eigenvalue weighted by atomic mass is 10.1. The van der Waals surface area contributed by atoms with Crippen LogP contribution in [0.4, 0.5) is 11.5 Å². The Morgan fingerprint density at radius 3 is 2.59 bits per heavy atom. The molecule has 1 aromatic heterocycles. The number of pyridine rings is 1. The summed E-state index contributed by atoms with van der Waals surface area (Å²) in [4.78, 5) is 9.71. The van der Waals surface area contributed by atoms with Gasteiger partial charge in [0.05, 0.1) is 12.1 Å². The second-order valence-electron chi connectivity index (χ2n) is 3.64. The number of nitriles is 1. The second kappa shape index (κ2) is 5.56. The molecule has 1 rings (SSSR count). The van der Waals surface area contributed by atoms with Crippen LogP contribution < -0.4 is 4.90 Å². The van der Waals surface area contributed by atoms with Crippen molar-refractivity contribution in [2.75, 3.05) is 24.7 Å². The summed E-state index contributed by atoms with van der Waals surface area (Å²) in [6.07, 6.45) is 0. The largest absolute Gasteiger partial charge is 0.371 e. The van der Waals surface area contributed by atoms with E-state index in [4.69, 9.17) is 11.8 Å². The van der Waals surface area contributed by atoms with Crippen LogP contribution >= 0.6 is 11.8 Å². The van der Waals surface area contributed by atoms with E-state index in [1.165, 1.54) is 11.8 Å². The van der Waals surface area contributed by atoms with Crippen molar-refractivity contribution in [1.29, 1.82) is 5.26 Å². The van der Waals surface area contributed by atoms with Crippen LogP contribution in [0.1, 0.15) is 18.1 Å². The Kier molecular flexibility index (Phi) is 4.37. The third-order valence-corrected chi connectivity index (χ3v) is 3.15. The fraction of sp³-hybridized carbons (Fsp3) is 0.417. The Labute approximate surface area is 106 Å². The highest BCUT2D eigenvalue weighted by molar-refractivity contribution is 7.99. The van der Waals surface area contributed by atoms with Crippen molar-refractivity contribution in [3.8, 4) is 6.07 Å². The van der Waals surface area contributed by atoms with E-state index in [9.17, 15) is 0 Å². The number of nitrogens with zero attached hydrogens (tertiary/aromatic N) is 4. The molecule has 0 saturated heterocycles. The molecule has 0 atom stereocenters. The summed E-state index contributed by atoms with van der Waals surface area (Å²) in [6, 6.07) is 2.14. The molecule has 0 aliphatic rings. The van der Waals surface area contributed by atoms with Crippen LogP contribution in [-0.4, -0.2) is 24.8 Å². The van der Waals surface area contributed by atoms with Crippen LogP contribution in [-0.2, 0) is 0 Å². The third kappa shape index (κ3) is 2.51. The zero-order valence-corrected chi connectivity index (χ0v) is 11.2. The van der Waals surface area contributed by atoms with Crippen molar-refractivity contribution in [2.24, 2.45) is 0 Å². The zero-order chi connectivity index (χ0) is 13.0. The first kappa shape index (κ1) is 13.3. The van der Waals surface area contributed by atoms with Crippen molar-refractivity contribution >= 4 is 23.3 Å². The Bertz CT molecular complexity index is 509. The van der Waals surface area contributed by atoms with Crippen molar-refractivity contribution in [3.63, 3.8) is 0 Å². The summed E-state index contributed by atoms with van der Waals surface area (Å²) in [7, 11) is 3.70. The quantitative estimate of drug-likeness (QED) is 0.607. The lowest BCUT2D eigenvalue weighted by Crippen LogP contribution is -2.12. The molecule has 1 aromatic rings. The van der Waals surface area contributed by atoms with E-state index in [0.29, 0.717) is 22.1 Å². The van der Waals surface area contributed by atoms with Crippen LogP contribution in [0.5, 0.6) is 0 Å². The van der Waals surface area contributed by atoms with Gasteiger partial charge in [-0.25, -0.2) is 9.83 Å². The van der Waals surface area contributed by atoms with E-state index >= 15 is 0 Å². The Balaban J connectivity index is 3.57. The van der Waals surface area contributed by atoms with Gasteiger partial charge in [-0.05, 0) is 18.2 Å². The maximum absolute atomic E-state index is 9.16. The van der Waals surface area contributed by atoms with Crippen molar-refractivity contribution < 1.29 is 0 Å². The number of hydrogen-bond acceptors (Lipinski definition) is 4. The molecule has 5 heteroatoms. The standard InChI is InChI=1S/C12H14N4S/c1-6-17-12-9(7-13)8(2)10(14-3)11(15-12)16(4)5/h6H2,1-2,4-5H3. The first-order chi connectivity index (χ1) is 8.06. The van der Waals surface area contributed by atoms with E-state index in [1.54, 1.807) is 11.8 Å². The summed E-state index contributed by atoms with van der Waals surface area (Å²) in [5.74, 6) is 1.48. The lowest BCUT2D eigenvalue weighted by molar-refractivity contribution is 1.00. The molecule has 0 saturated carbocycles. The van der Waals surface area contributed by atoms with Crippen molar-refractivity contribution in [3.05, 3.63) is 22.5 Å². The minimum absolute atomic E-state index is 0.465. The van der Waals surface area contributed by atoms with Gasteiger partial charge < -0.3 is 4.90 Å². The SMILES string of the molecule is [C-]#[N+]c1c(N(C)C)nc(SCC)c(C#N)c1C. The Morgan fingerprint density at radius 1 is 1.53 bits per heavy atom. The Hall–Kier alpha value is -1.72. The molecule has 17 heavy (non-hydrogen) atoms. The average Bonchev–Trinajstić information content (AvgIpc) is 2.29. The van der Waals surface area contributed by atoms with Gasteiger partial charge in [-0.1, -0.05) is 6.92 Å². The molecular formula is C12H14N4S. The normalized spacial score (nSPS) is 9.53. The fourth-order valence-corrected chi connectivity index (χ4v) is 2.24. The van der Waals surface area contributed by atoms with Gasteiger partial charge in [-0.2, -0.15) is 5.26 Å². The molecular weight excluding hydrogens is 232 g/mol. The highest BCUT2D eigenvalue weighted by atomic mass is 32.2. The van der Waals surface area contributed by atoms with Crippen LogP contribution in [0.2, 0.25) is 0 Å². The van der Waals surface area contributed by atoms with Gasteiger partial charge in [-0.3, -0.25) is 0 Å². The third-order valence-electron chi connectivity index (χ3n) is 2.29. The van der Waals surface area contributed by atoms with E-state index in [0.717, 1.165) is 11.3 Å². The van der Waals surface area contributed by atoms with Gasteiger partial charge in [0, 0.05) is 14.1 Å². The first-order valence-corrected chi connectivity index (χ1v) is 6.17. The van der Waals surface area contributed by atoms with Gasteiger partial charge >= 0.3 is 0 Å². The molecule has 0 spiro atoms. The number of anilines is 1. The maximum atomic E-state index is 9.16. The molecule has 4 nitrogen and oxygen atoms in total. The molecule has 1 heterocycles. The van der Waals surface area contributed by atoms with Gasteiger partial charge in [0.2, 0.25) is 5.69 Å². The van der Waals surface area contributed by atoms with Gasteiger partial charge in [0.15, 0.2) is 0 Å². The number of rotatable bonds is 3. The monoisotopic (exact) mass is 246 g/mol. The molecule has 0 fully saturated rings. The molecule has 0 N–H and O–H groups in total. The molecule has 0 amide bonds. The summed E-state index contributed by atoms with van der Waals surface area (Å²) in [5, 5.41) is 9.87. The summed E-state index contributed by atoms with van der Waals surface area (Å²) in [5.41, 5.74) is 1.71. The van der Waals surface area contributed by atoms with E-state index in [2.05, 4.69) is 15.9 Å². The van der Waals surface area contributed by atoms with Crippen LogP contribution in [0.15, 0.2) is 5.03 Å². The van der Waals surface area contributed by atoms with Crippen molar-refractivity contribution in [1.82, 2.24) is 4.98 Å². The predicted octanol–water partition coefficient (Wildman–Crippen LogP) is 2.99. The second-order valence-corrected chi connectivity index (χ2v) is 4.89. The van der Waals surface area contributed by atoms with E-state index in [1.807, 2.05) is 21.0 Å². The van der Waals surface area contributed by atoms with Gasteiger partial charge in [0.25, 0.3) is 0 Å². The van der Waals surface area contributed by atoms with Gasteiger partial charge in [-0.15, -0.1) is 11.8 Å². The highest BCUT2D eigenvalue weighted by Gasteiger charge is 2.18. The Morgan fingerprint density at radius 2 is 2.18 bits per heavy atom. The first-order valence-electron chi connectivity index (χ1n) is 5.19. The summed E-state index contributed by atoms with van der Waals surface area (Å²) < 4.78 is 0. The smallest absolute Gasteiger partial charge is 0.232 e. The summed E-state index contributed by atoms with van der Waals surface area (Å²) in [6.45, 7) is 11.0.